The minimum Gasteiger partial charge on any atom is -0.0966 e. The van der Waals surface area contributed by atoms with Crippen LogP contribution in [0.4, 0.5) is 0 Å². The Morgan fingerprint density at radius 2 is 1.33 bits per heavy atom. The molecule has 0 aromatic heterocycles. The van der Waals surface area contributed by atoms with Gasteiger partial charge in [-0.15, -0.1) is 0 Å². The van der Waals surface area contributed by atoms with Crippen LogP contribution in [0.2, 0.25) is 0 Å². The van der Waals surface area contributed by atoms with Gasteiger partial charge in [0.1, 0.15) is 7.85 Å². The Kier molecular flexibility index (Phi) is 2.73. The zero-order valence-corrected chi connectivity index (χ0v) is 8.48. The molecule has 0 N–H and O–H groups in total. The topological polar surface area (TPSA) is 0 Å². The molecule has 0 aliphatic carbocycles. The van der Waals surface area contributed by atoms with Gasteiger partial charge in [0, 0.05) is 0 Å². The third kappa shape index (κ3) is 2.19. The summed E-state index contributed by atoms with van der Waals surface area (Å²) in [4.78, 5) is 0. The molecule has 0 unspecified atom stereocenters. The fourth-order valence-corrected chi connectivity index (χ4v) is 1.49. The van der Waals surface area contributed by atoms with Crippen LogP contribution < -0.4 is 5.46 Å². The first-order chi connectivity index (χ1) is 7.27. The highest BCUT2D eigenvalue weighted by molar-refractivity contribution is 6.32. The summed E-state index contributed by atoms with van der Waals surface area (Å²) in [5.74, 6) is 0. The maximum Gasteiger partial charge on any atom is 0.113 e. The molecule has 0 aliphatic heterocycles. The zero-order valence-electron chi connectivity index (χ0n) is 8.48. The van der Waals surface area contributed by atoms with Gasteiger partial charge >= 0.3 is 0 Å². The number of hydrogen-bond acceptors (Lipinski definition) is 0. The van der Waals surface area contributed by atoms with Crippen molar-refractivity contribution in [1.82, 2.24) is 0 Å². The van der Waals surface area contributed by atoms with E-state index in [1.165, 1.54) is 0 Å². The number of rotatable bonds is 2. The first-order valence-electron chi connectivity index (χ1n) is 4.87. The molecule has 2 aromatic carbocycles. The van der Waals surface area contributed by atoms with Crippen molar-refractivity contribution >= 4 is 18.9 Å². The maximum atomic E-state index is 5.64. The second-order valence-electron chi connectivity index (χ2n) is 3.47. The van der Waals surface area contributed by atoms with Crippen LogP contribution in [-0.2, 0) is 0 Å². The van der Waals surface area contributed by atoms with Gasteiger partial charge in [0.15, 0.2) is 0 Å². The first-order valence-corrected chi connectivity index (χ1v) is 4.87. The Hall–Kier alpha value is -1.76. The lowest BCUT2D eigenvalue weighted by Gasteiger charge is -2.06. The second kappa shape index (κ2) is 4.18. The van der Waals surface area contributed by atoms with Gasteiger partial charge in [0.25, 0.3) is 0 Å². The van der Waals surface area contributed by atoms with Crippen molar-refractivity contribution in [3.63, 3.8) is 0 Å². The average Bonchev–Trinajstić information content (AvgIpc) is 2.30. The van der Waals surface area contributed by atoms with E-state index >= 15 is 0 Å². The van der Waals surface area contributed by atoms with E-state index in [1.54, 1.807) is 0 Å². The summed E-state index contributed by atoms with van der Waals surface area (Å²) in [5, 5.41) is 0. The van der Waals surface area contributed by atoms with Crippen molar-refractivity contribution in [2.45, 2.75) is 0 Å². The van der Waals surface area contributed by atoms with Crippen LogP contribution in [0.25, 0.3) is 5.57 Å². The van der Waals surface area contributed by atoms with Gasteiger partial charge in [-0.25, -0.2) is 0 Å². The van der Waals surface area contributed by atoms with Crippen molar-refractivity contribution in [3.8, 4) is 0 Å². The quantitative estimate of drug-likeness (QED) is 0.638. The maximum absolute atomic E-state index is 5.64. The Morgan fingerprint density at radius 1 is 0.800 bits per heavy atom. The summed E-state index contributed by atoms with van der Waals surface area (Å²) in [7, 11) is 5.64. The summed E-state index contributed by atoms with van der Waals surface area (Å²) < 4.78 is 0. The number of hydrogen-bond donors (Lipinski definition) is 0. The molecule has 1 heteroatoms. The van der Waals surface area contributed by atoms with E-state index in [2.05, 4.69) is 18.7 Å². The molecule has 0 amide bonds. The average molecular weight is 190 g/mol. The lowest BCUT2D eigenvalue weighted by atomic mass is 9.92. The molecule has 2 rings (SSSR count). The summed E-state index contributed by atoms with van der Waals surface area (Å²) in [5.41, 5.74) is 4.05. The minimum absolute atomic E-state index is 0.777. The smallest absolute Gasteiger partial charge is 0.0966 e. The van der Waals surface area contributed by atoms with Gasteiger partial charge in [-0.3, -0.25) is 0 Å². The van der Waals surface area contributed by atoms with Crippen molar-refractivity contribution in [2.75, 3.05) is 0 Å². The first kappa shape index (κ1) is 9.79. The third-order valence-corrected chi connectivity index (χ3v) is 2.38. The molecule has 0 fully saturated rings. The molecule has 0 spiro atoms. The highest BCUT2D eigenvalue weighted by Gasteiger charge is 2.00. The van der Waals surface area contributed by atoms with Gasteiger partial charge in [-0.1, -0.05) is 66.6 Å². The molecule has 15 heavy (non-hydrogen) atoms. The molecule has 70 valence electrons. The van der Waals surface area contributed by atoms with E-state index in [-0.39, 0.29) is 0 Å². The molecular weight excluding hydrogens is 179 g/mol. The molecule has 2 aromatic rings. The van der Waals surface area contributed by atoms with Crippen molar-refractivity contribution < 1.29 is 0 Å². The van der Waals surface area contributed by atoms with Crippen LogP contribution in [0.5, 0.6) is 0 Å². The predicted molar refractivity (Wildman–Crippen MR) is 66.4 cm³/mol. The van der Waals surface area contributed by atoms with E-state index in [4.69, 9.17) is 7.85 Å². The second-order valence-corrected chi connectivity index (χ2v) is 3.47. The highest BCUT2D eigenvalue weighted by atomic mass is 14.0. The Balaban J connectivity index is 2.33. The van der Waals surface area contributed by atoms with E-state index in [1.807, 2.05) is 42.5 Å². The van der Waals surface area contributed by atoms with E-state index in [0.717, 1.165) is 22.2 Å². The third-order valence-electron chi connectivity index (χ3n) is 2.38. The zero-order chi connectivity index (χ0) is 10.7. The highest BCUT2D eigenvalue weighted by Crippen LogP contribution is 2.19. The number of benzene rings is 2. The van der Waals surface area contributed by atoms with Gasteiger partial charge in [-0.05, 0) is 16.7 Å². The monoisotopic (exact) mass is 190 g/mol. The lowest BCUT2D eigenvalue weighted by molar-refractivity contribution is 1.57. The Morgan fingerprint density at radius 3 is 1.93 bits per heavy atom. The van der Waals surface area contributed by atoms with Gasteiger partial charge in [-0.2, -0.15) is 0 Å². The molecule has 0 aliphatic rings. The van der Waals surface area contributed by atoms with E-state index in [0.29, 0.717) is 0 Å². The Bertz CT molecular complexity index is 454. The fourth-order valence-electron chi connectivity index (χ4n) is 1.49. The predicted octanol–water partition coefficient (Wildman–Crippen LogP) is 2.54. The molecule has 0 heterocycles. The van der Waals surface area contributed by atoms with Crippen LogP contribution in [0.15, 0.2) is 61.2 Å². The Labute approximate surface area is 91.7 Å². The molecule has 0 saturated heterocycles. The van der Waals surface area contributed by atoms with Crippen molar-refractivity contribution in [1.29, 1.82) is 0 Å². The molecule has 2 radical (unpaired) electrons. The van der Waals surface area contributed by atoms with Crippen molar-refractivity contribution in [3.05, 3.63) is 72.3 Å². The lowest BCUT2D eigenvalue weighted by Crippen LogP contribution is -2.00. The summed E-state index contributed by atoms with van der Waals surface area (Å²) in [6.45, 7) is 4.08. The van der Waals surface area contributed by atoms with Crippen LogP contribution >= 0.6 is 0 Å². The van der Waals surface area contributed by atoms with E-state index in [9.17, 15) is 0 Å². The van der Waals surface area contributed by atoms with E-state index < -0.39 is 0 Å². The van der Waals surface area contributed by atoms with Gasteiger partial charge in [0.2, 0.25) is 0 Å². The largest absolute Gasteiger partial charge is 0.113 e. The fraction of sp³-hybridized carbons (Fsp3) is 0. The van der Waals surface area contributed by atoms with Crippen LogP contribution in [-0.4, -0.2) is 7.85 Å². The molecular formula is C14H11B. The SMILES string of the molecule is [B]c1ccc(C(=C)c2ccccc2)cc1. The van der Waals surface area contributed by atoms with Crippen LogP contribution in [0.1, 0.15) is 11.1 Å². The van der Waals surface area contributed by atoms with Crippen LogP contribution in [0, 0.1) is 0 Å². The summed E-state index contributed by atoms with van der Waals surface area (Å²) in [6.07, 6.45) is 0. The standard InChI is InChI=1S/C14H11B/c1-11(12-5-3-2-4-6-12)13-7-9-14(15)10-8-13/h2-10H,1H2. The van der Waals surface area contributed by atoms with Gasteiger partial charge < -0.3 is 0 Å². The molecule has 0 saturated carbocycles. The molecule has 0 nitrogen and oxygen atoms in total. The normalized spacial score (nSPS) is 9.87. The summed E-state index contributed by atoms with van der Waals surface area (Å²) >= 11 is 0. The van der Waals surface area contributed by atoms with Crippen molar-refractivity contribution in [2.24, 2.45) is 0 Å². The minimum atomic E-state index is 0.777. The summed E-state index contributed by atoms with van der Waals surface area (Å²) in [6, 6.07) is 17.9. The molecule has 0 bridgehead atoms. The molecule has 0 atom stereocenters. The van der Waals surface area contributed by atoms with Crippen LogP contribution in [0.3, 0.4) is 0 Å². The van der Waals surface area contributed by atoms with Gasteiger partial charge in [0.05, 0.1) is 0 Å².